The first-order chi connectivity index (χ1) is 8.97. The topological polar surface area (TPSA) is 55.1 Å². The molecule has 0 unspecified atom stereocenters. The molecule has 0 bridgehead atoms. The van der Waals surface area contributed by atoms with Crippen molar-refractivity contribution in [2.45, 2.75) is 0 Å². The van der Waals surface area contributed by atoms with E-state index in [0.29, 0.717) is 9.50 Å². The van der Waals surface area contributed by atoms with Crippen LogP contribution in [-0.4, -0.2) is 5.91 Å². The molecule has 3 nitrogen and oxygen atoms in total. The first-order valence-corrected chi connectivity index (χ1v) is 6.46. The molecule has 0 aromatic heterocycles. The summed E-state index contributed by atoms with van der Waals surface area (Å²) in [5.74, 6) is -1.02. The van der Waals surface area contributed by atoms with E-state index in [4.69, 9.17) is 17.3 Å². The molecule has 0 fully saturated rings. The van der Waals surface area contributed by atoms with Gasteiger partial charge in [0.15, 0.2) is 0 Å². The molecule has 6 heteroatoms. The van der Waals surface area contributed by atoms with Gasteiger partial charge in [0.1, 0.15) is 5.82 Å². The number of carbonyl (C=O) groups is 1. The van der Waals surface area contributed by atoms with Gasteiger partial charge in [-0.15, -0.1) is 0 Å². The number of benzene rings is 2. The second kappa shape index (κ2) is 5.59. The molecule has 3 N–H and O–H groups in total. The number of hydrogen-bond donors (Lipinski definition) is 2. The Morgan fingerprint density at radius 3 is 2.63 bits per heavy atom. The lowest BCUT2D eigenvalue weighted by molar-refractivity contribution is 0.102. The predicted octanol–water partition coefficient (Wildman–Crippen LogP) is 4.08. The second-order valence-corrected chi connectivity index (χ2v) is 5.16. The van der Waals surface area contributed by atoms with Crippen molar-refractivity contribution in [3.63, 3.8) is 0 Å². The minimum absolute atomic E-state index is 0.0857. The van der Waals surface area contributed by atoms with Gasteiger partial charge in [-0.25, -0.2) is 4.39 Å². The highest BCUT2D eigenvalue weighted by atomic mass is 79.9. The third-order valence-corrected chi connectivity index (χ3v) is 3.17. The fourth-order valence-corrected chi connectivity index (χ4v) is 2.03. The van der Waals surface area contributed by atoms with Gasteiger partial charge in [0.2, 0.25) is 0 Å². The van der Waals surface area contributed by atoms with Crippen LogP contribution >= 0.6 is 27.5 Å². The Morgan fingerprint density at radius 1 is 1.26 bits per heavy atom. The average Bonchev–Trinajstić information content (AvgIpc) is 2.32. The number of nitrogen functional groups attached to an aromatic ring is 1. The largest absolute Gasteiger partial charge is 0.398 e. The highest BCUT2D eigenvalue weighted by Crippen LogP contribution is 2.22. The zero-order valence-corrected chi connectivity index (χ0v) is 11.9. The van der Waals surface area contributed by atoms with Gasteiger partial charge in [-0.3, -0.25) is 4.79 Å². The first-order valence-electron chi connectivity index (χ1n) is 5.29. The molecule has 0 radical (unpaired) electrons. The fourth-order valence-electron chi connectivity index (χ4n) is 1.52. The van der Waals surface area contributed by atoms with Gasteiger partial charge >= 0.3 is 0 Å². The molecular formula is C13H9BrClFN2O. The normalized spacial score (nSPS) is 10.3. The summed E-state index contributed by atoms with van der Waals surface area (Å²) in [4.78, 5) is 12.0. The SMILES string of the molecule is Nc1cc(Cl)ccc1C(=O)Nc1ccc(Br)cc1F. The Morgan fingerprint density at radius 2 is 2.00 bits per heavy atom. The zero-order valence-electron chi connectivity index (χ0n) is 9.58. The molecule has 2 aromatic carbocycles. The smallest absolute Gasteiger partial charge is 0.257 e. The van der Waals surface area contributed by atoms with Gasteiger partial charge in [-0.2, -0.15) is 0 Å². The molecule has 0 saturated heterocycles. The lowest BCUT2D eigenvalue weighted by atomic mass is 10.1. The minimum atomic E-state index is -0.532. The van der Waals surface area contributed by atoms with E-state index in [1.807, 2.05) is 0 Å². The van der Waals surface area contributed by atoms with Gasteiger partial charge in [0.05, 0.1) is 11.3 Å². The van der Waals surface area contributed by atoms with Crippen molar-refractivity contribution in [3.05, 3.63) is 57.3 Å². The molecular weight excluding hydrogens is 335 g/mol. The van der Waals surface area contributed by atoms with Crippen molar-refractivity contribution in [2.75, 3.05) is 11.1 Å². The molecule has 1 amide bonds. The van der Waals surface area contributed by atoms with Crippen LogP contribution in [-0.2, 0) is 0 Å². The van der Waals surface area contributed by atoms with E-state index < -0.39 is 11.7 Å². The minimum Gasteiger partial charge on any atom is -0.398 e. The van der Waals surface area contributed by atoms with Crippen molar-refractivity contribution in [1.29, 1.82) is 0 Å². The molecule has 0 heterocycles. The van der Waals surface area contributed by atoms with Gasteiger partial charge < -0.3 is 11.1 Å². The van der Waals surface area contributed by atoms with Crippen molar-refractivity contribution in [2.24, 2.45) is 0 Å². The predicted molar refractivity (Wildman–Crippen MR) is 77.9 cm³/mol. The molecule has 0 atom stereocenters. The average molecular weight is 344 g/mol. The molecule has 19 heavy (non-hydrogen) atoms. The third kappa shape index (κ3) is 3.24. The number of nitrogens with two attached hydrogens (primary N) is 1. The summed E-state index contributed by atoms with van der Waals surface area (Å²) in [6.45, 7) is 0. The maximum absolute atomic E-state index is 13.6. The second-order valence-electron chi connectivity index (χ2n) is 3.81. The molecule has 2 aromatic rings. The Kier molecular flexibility index (Phi) is 4.07. The van der Waals surface area contributed by atoms with Crippen LogP contribution in [0.4, 0.5) is 15.8 Å². The summed E-state index contributed by atoms with van der Waals surface area (Å²) in [5, 5.41) is 2.89. The van der Waals surface area contributed by atoms with Gasteiger partial charge in [0, 0.05) is 15.2 Å². The third-order valence-electron chi connectivity index (χ3n) is 2.44. The van der Waals surface area contributed by atoms with Crippen molar-refractivity contribution in [1.82, 2.24) is 0 Å². The number of nitrogens with one attached hydrogen (secondary N) is 1. The van der Waals surface area contributed by atoms with E-state index in [0.717, 1.165) is 0 Å². The highest BCUT2D eigenvalue weighted by Gasteiger charge is 2.12. The molecule has 0 aliphatic carbocycles. The van der Waals surface area contributed by atoms with E-state index in [1.54, 1.807) is 12.1 Å². The van der Waals surface area contributed by atoms with E-state index >= 15 is 0 Å². The van der Waals surface area contributed by atoms with Crippen LogP contribution in [0.2, 0.25) is 5.02 Å². The quantitative estimate of drug-likeness (QED) is 0.807. The number of amides is 1. The van der Waals surface area contributed by atoms with Gasteiger partial charge in [0.25, 0.3) is 5.91 Å². The summed E-state index contributed by atoms with van der Waals surface area (Å²) >= 11 is 8.89. The van der Waals surface area contributed by atoms with Crippen LogP contribution in [0.25, 0.3) is 0 Å². The van der Waals surface area contributed by atoms with E-state index in [1.165, 1.54) is 24.3 Å². The Balaban J connectivity index is 2.25. The van der Waals surface area contributed by atoms with Gasteiger partial charge in [-0.05, 0) is 36.4 Å². The monoisotopic (exact) mass is 342 g/mol. The van der Waals surface area contributed by atoms with Crippen LogP contribution in [0.3, 0.4) is 0 Å². The summed E-state index contributed by atoms with van der Waals surface area (Å²) in [7, 11) is 0. The Bertz CT molecular complexity index is 649. The fraction of sp³-hybridized carbons (Fsp3) is 0. The maximum atomic E-state index is 13.6. The number of hydrogen-bond acceptors (Lipinski definition) is 2. The van der Waals surface area contributed by atoms with E-state index in [2.05, 4.69) is 21.2 Å². The molecule has 0 saturated carbocycles. The maximum Gasteiger partial charge on any atom is 0.257 e. The lowest BCUT2D eigenvalue weighted by Gasteiger charge is -2.08. The zero-order chi connectivity index (χ0) is 14.0. The van der Waals surface area contributed by atoms with E-state index in [9.17, 15) is 9.18 Å². The van der Waals surface area contributed by atoms with Crippen molar-refractivity contribution < 1.29 is 9.18 Å². The highest BCUT2D eigenvalue weighted by molar-refractivity contribution is 9.10. The van der Waals surface area contributed by atoms with E-state index in [-0.39, 0.29) is 16.9 Å². The molecule has 98 valence electrons. The summed E-state index contributed by atoms with van der Waals surface area (Å²) in [6.07, 6.45) is 0. The first kappa shape index (κ1) is 13.8. The summed E-state index contributed by atoms with van der Waals surface area (Å²) < 4.78 is 14.2. The molecule has 0 spiro atoms. The number of carbonyl (C=O) groups excluding carboxylic acids is 1. The Labute approximate surface area is 122 Å². The van der Waals surface area contributed by atoms with Crippen LogP contribution in [0, 0.1) is 5.82 Å². The molecule has 0 aliphatic heterocycles. The lowest BCUT2D eigenvalue weighted by Crippen LogP contribution is -2.14. The van der Waals surface area contributed by atoms with Crippen molar-refractivity contribution in [3.8, 4) is 0 Å². The van der Waals surface area contributed by atoms with Crippen molar-refractivity contribution >= 4 is 44.8 Å². The molecule has 2 rings (SSSR count). The number of halogens is 3. The van der Waals surface area contributed by atoms with Crippen LogP contribution in [0.1, 0.15) is 10.4 Å². The van der Waals surface area contributed by atoms with Gasteiger partial charge in [-0.1, -0.05) is 27.5 Å². The van der Waals surface area contributed by atoms with Crippen LogP contribution in [0.15, 0.2) is 40.9 Å². The standard InChI is InChI=1S/C13H9BrClFN2O/c14-7-1-4-12(10(16)5-7)18-13(19)9-3-2-8(15)6-11(9)17/h1-6H,17H2,(H,18,19). The summed E-state index contributed by atoms with van der Waals surface area (Å²) in [5.41, 5.74) is 6.26. The van der Waals surface area contributed by atoms with Crippen LogP contribution < -0.4 is 11.1 Å². The summed E-state index contributed by atoms with van der Waals surface area (Å²) in [6, 6.07) is 8.86. The Hall–Kier alpha value is -1.59. The molecule has 0 aliphatic rings. The van der Waals surface area contributed by atoms with Crippen LogP contribution in [0.5, 0.6) is 0 Å². The number of anilines is 2. The number of rotatable bonds is 2.